The highest BCUT2D eigenvalue weighted by Crippen LogP contribution is 2.12. The highest BCUT2D eigenvalue weighted by Gasteiger charge is 2.24. The van der Waals surface area contributed by atoms with Crippen LogP contribution in [0, 0.1) is 0 Å². The van der Waals surface area contributed by atoms with E-state index in [1.807, 2.05) is 6.92 Å². The lowest BCUT2D eigenvalue weighted by atomic mass is 10.2. The third-order valence-corrected chi connectivity index (χ3v) is 2.37. The van der Waals surface area contributed by atoms with Gasteiger partial charge in [-0.2, -0.15) is 0 Å². The standard InChI is InChI=1S/C9H16ClNO2/c1-7(4-5-10)11-9(12)8-3-2-6-13-8/h7-8H,2-6H2,1H3,(H,11,12). The molecule has 1 heterocycles. The fourth-order valence-electron chi connectivity index (χ4n) is 1.36. The van der Waals surface area contributed by atoms with E-state index in [4.69, 9.17) is 16.3 Å². The Kier molecular flexibility index (Phi) is 4.53. The average Bonchev–Trinajstić information content (AvgIpc) is 2.55. The molecule has 1 aliphatic rings. The number of hydrogen-bond donors (Lipinski definition) is 1. The molecule has 0 bridgehead atoms. The summed E-state index contributed by atoms with van der Waals surface area (Å²) in [6.45, 7) is 2.66. The molecule has 1 amide bonds. The molecule has 0 aromatic heterocycles. The second-order valence-corrected chi connectivity index (χ2v) is 3.77. The molecule has 1 aliphatic heterocycles. The number of carbonyl (C=O) groups is 1. The molecule has 0 aromatic rings. The molecule has 0 aliphatic carbocycles. The van der Waals surface area contributed by atoms with Gasteiger partial charge >= 0.3 is 0 Å². The lowest BCUT2D eigenvalue weighted by Gasteiger charge is -2.15. The Morgan fingerprint density at radius 3 is 3.08 bits per heavy atom. The van der Waals surface area contributed by atoms with Crippen LogP contribution in [0.5, 0.6) is 0 Å². The fraction of sp³-hybridized carbons (Fsp3) is 0.889. The van der Waals surface area contributed by atoms with Crippen molar-refractivity contribution in [2.24, 2.45) is 0 Å². The molecule has 4 heteroatoms. The molecule has 1 saturated heterocycles. The van der Waals surface area contributed by atoms with Crippen LogP contribution in [0.4, 0.5) is 0 Å². The minimum atomic E-state index is -0.224. The number of hydrogen-bond acceptors (Lipinski definition) is 2. The van der Waals surface area contributed by atoms with E-state index in [1.165, 1.54) is 0 Å². The Balaban J connectivity index is 2.23. The summed E-state index contributed by atoms with van der Waals surface area (Å²) in [7, 11) is 0. The van der Waals surface area contributed by atoms with Crippen molar-refractivity contribution in [3.8, 4) is 0 Å². The van der Waals surface area contributed by atoms with Gasteiger partial charge in [-0.1, -0.05) is 0 Å². The summed E-state index contributed by atoms with van der Waals surface area (Å²) in [4.78, 5) is 11.5. The van der Waals surface area contributed by atoms with E-state index in [9.17, 15) is 4.79 Å². The monoisotopic (exact) mass is 205 g/mol. The Morgan fingerprint density at radius 1 is 1.77 bits per heavy atom. The van der Waals surface area contributed by atoms with Gasteiger partial charge in [-0.3, -0.25) is 4.79 Å². The maximum absolute atomic E-state index is 11.5. The molecule has 13 heavy (non-hydrogen) atoms. The third-order valence-electron chi connectivity index (χ3n) is 2.15. The number of carbonyl (C=O) groups excluding carboxylic acids is 1. The molecule has 0 saturated carbocycles. The first-order valence-corrected chi connectivity index (χ1v) is 5.25. The number of alkyl halides is 1. The van der Waals surface area contributed by atoms with Crippen LogP contribution in [0.3, 0.4) is 0 Å². The number of rotatable bonds is 4. The third kappa shape index (κ3) is 3.53. The van der Waals surface area contributed by atoms with Gasteiger partial charge in [0.1, 0.15) is 6.10 Å². The fourth-order valence-corrected chi connectivity index (χ4v) is 1.68. The molecule has 1 rings (SSSR count). The van der Waals surface area contributed by atoms with Crippen molar-refractivity contribution in [3.05, 3.63) is 0 Å². The van der Waals surface area contributed by atoms with Crippen LogP contribution < -0.4 is 5.32 Å². The predicted octanol–water partition coefficient (Wildman–Crippen LogP) is 1.30. The first-order chi connectivity index (χ1) is 6.24. The van der Waals surface area contributed by atoms with Crippen LogP contribution in [0.15, 0.2) is 0 Å². The van der Waals surface area contributed by atoms with Crippen molar-refractivity contribution in [2.75, 3.05) is 12.5 Å². The average molecular weight is 206 g/mol. The molecule has 0 radical (unpaired) electrons. The van der Waals surface area contributed by atoms with Crippen LogP contribution in [-0.4, -0.2) is 30.5 Å². The molecule has 0 aromatic carbocycles. The van der Waals surface area contributed by atoms with Gasteiger partial charge in [0.05, 0.1) is 0 Å². The molecule has 2 atom stereocenters. The predicted molar refractivity (Wildman–Crippen MR) is 51.9 cm³/mol. The van der Waals surface area contributed by atoms with Gasteiger partial charge in [0.25, 0.3) is 0 Å². The largest absolute Gasteiger partial charge is 0.368 e. The molecule has 1 fully saturated rings. The van der Waals surface area contributed by atoms with E-state index in [0.717, 1.165) is 19.3 Å². The molecule has 2 unspecified atom stereocenters. The van der Waals surface area contributed by atoms with E-state index < -0.39 is 0 Å². The maximum atomic E-state index is 11.5. The number of ether oxygens (including phenoxy) is 1. The van der Waals surface area contributed by atoms with Gasteiger partial charge in [-0.15, -0.1) is 11.6 Å². The van der Waals surface area contributed by atoms with Gasteiger partial charge in [0, 0.05) is 18.5 Å². The summed E-state index contributed by atoms with van der Waals surface area (Å²) in [5.74, 6) is 0.586. The van der Waals surface area contributed by atoms with Gasteiger partial charge in [-0.25, -0.2) is 0 Å². The highest BCUT2D eigenvalue weighted by atomic mass is 35.5. The first kappa shape index (κ1) is 10.8. The van der Waals surface area contributed by atoms with Gasteiger partial charge < -0.3 is 10.1 Å². The van der Waals surface area contributed by atoms with E-state index in [0.29, 0.717) is 12.5 Å². The van der Waals surface area contributed by atoms with Crippen LogP contribution in [0.25, 0.3) is 0 Å². The van der Waals surface area contributed by atoms with Crippen LogP contribution in [-0.2, 0) is 9.53 Å². The van der Waals surface area contributed by atoms with Gasteiger partial charge in [0.2, 0.25) is 5.91 Å². The Morgan fingerprint density at radius 2 is 2.54 bits per heavy atom. The van der Waals surface area contributed by atoms with Crippen molar-refractivity contribution in [2.45, 2.75) is 38.3 Å². The lowest BCUT2D eigenvalue weighted by molar-refractivity contribution is -0.130. The van der Waals surface area contributed by atoms with Gasteiger partial charge in [-0.05, 0) is 26.2 Å². The number of halogens is 1. The molecule has 1 N–H and O–H groups in total. The second-order valence-electron chi connectivity index (χ2n) is 3.39. The molecule has 0 spiro atoms. The highest BCUT2D eigenvalue weighted by molar-refractivity contribution is 6.17. The van der Waals surface area contributed by atoms with Crippen molar-refractivity contribution in [1.29, 1.82) is 0 Å². The summed E-state index contributed by atoms with van der Waals surface area (Å²) in [6.07, 6.45) is 2.42. The molecular formula is C9H16ClNO2. The molecule has 76 valence electrons. The summed E-state index contributed by atoms with van der Waals surface area (Å²) in [6, 6.07) is 0.147. The van der Waals surface area contributed by atoms with Crippen LogP contribution in [0.2, 0.25) is 0 Å². The van der Waals surface area contributed by atoms with Gasteiger partial charge in [0.15, 0.2) is 0 Å². The Hall–Kier alpha value is -0.280. The van der Waals surface area contributed by atoms with Crippen molar-refractivity contribution < 1.29 is 9.53 Å². The normalized spacial score (nSPS) is 24.3. The number of nitrogens with one attached hydrogen (secondary N) is 1. The van der Waals surface area contributed by atoms with Crippen LogP contribution in [0.1, 0.15) is 26.2 Å². The lowest BCUT2D eigenvalue weighted by Crippen LogP contribution is -2.39. The van der Waals surface area contributed by atoms with Crippen molar-refractivity contribution in [3.63, 3.8) is 0 Å². The summed E-state index contributed by atoms with van der Waals surface area (Å²) >= 11 is 5.56. The minimum absolute atomic E-state index is 0.00937. The second kappa shape index (κ2) is 5.45. The Labute approximate surface area is 83.8 Å². The summed E-state index contributed by atoms with van der Waals surface area (Å²) < 4.78 is 5.25. The SMILES string of the molecule is CC(CCCl)NC(=O)C1CCCO1. The van der Waals surface area contributed by atoms with Crippen LogP contribution >= 0.6 is 11.6 Å². The maximum Gasteiger partial charge on any atom is 0.249 e. The quantitative estimate of drug-likeness (QED) is 0.703. The van der Waals surface area contributed by atoms with E-state index >= 15 is 0 Å². The van der Waals surface area contributed by atoms with Crippen molar-refractivity contribution in [1.82, 2.24) is 5.32 Å². The molecule has 3 nitrogen and oxygen atoms in total. The molecular weight excluding hydrogens is 190 g/mol. The minimum Gasteiger partial charge on any atom is -0.368 e. The van der Waals surface area contributed by atoms with E-state index in [2.05, 4.69) is 5.32 Å². The van der Waals surface area contributed by atoms with E-state index in [-0.39, 0.29) is 18.1 Å². The zero-order chi connectivity index (χ0) is 9.68. The zero-order valence-corrected chi connectivity index (χ0v) is 8.64. The first-order valence-electron chi connectivity index (χ1n) is 4.72. The summed E-state index contributed by atoms with van der Waals surface area (Å²) in [5.41, 5.74) is 0. The smallest absolute Gasteiger partial charge is 0.249 e. The summed E-state index contributed by atoms with van der Waals surface area (Å²) in [5, 5.41) is 2.87. The number of amides is 1. The zero-order valence-electron chi connectivity index (χ0n) is 7.88. The van der Waals surface area contributed by atoms with Crippen molar-refractivity contribution >= 4 is 17.5 Å². The van der Waals surface area contributed by atoms with E-state index in [1.54, 1.807) is 0 Å². The topological polar surface area (TPSA) is 38.3 Å². The Bertz CT molecular complexity index is 169.